The Kier molecular flexibility index (Phi) is 2.76. The molecule has 0 N–H and O–H groups in total. The van der Waals surface area contributed by atoms with Crippen molar-refractivity contribution < 1.29 is 9.21 Å². The summed E-state index contributed by atoms with van der Waals surface area (Å²) in [5.41, 5.74) is 0. The first kappa shape index (κ1) is 8.40. The van der Waals surface area contributed by atoms with Gasteiger partial charge in [0.2, 0.25) is 0 Å². The molecule has 3 heteroatoms. The van der Waals surface area contributed by atoms with Crippen molar-refractivity contribution in [1.82, 2.24) is 0 Å². The van der Waals surface area contributed by atoms with Crippen LogP contribution in [0.2, 0.25) is 0 Å². The average Bonchev–Trinajstić information content (AvgIpc) is 2.32. The summed E-state index contributed by atoms with van der Waals surface area (Å²) in [7, 11) is 0. The minimum atomic E-state index is 0.453. The second-order valence-electron chi connectivity index (χ2n) is 2.14. The van der Waals surface area contributed by atoms with Gasteiger partial charge in [-0.2, -0.15) is 0 Å². The van der Waals surface area contributed by atoms with Crippen LogP contribution in [0.25, 0.3) is 0 Å². The standard InChI is InChI=1S/C8H10O2S/c1-3-11-8-4-6(2)10-7(8)5-9/h4-5H,3H2,1-2H3. The molecule has 1 rings (SSSR count). The van der Waals surface area contributed by atoms with Crippen LogP contribution in [0, 0.1) is 6.92 Å². The van der Waals surface area contributed by atoms with E-state index in [1.165, 1.54) is 0 Å². The molecule has 0 amide bonds. The smallest absolute Gasteiger partial charge is 0.186 e. The molecule has 0 aromatic carbocycles. The molecule has 1 aromatic heterocycles. The van der Waals surface area contributed by atoms with Gasteiger partial charge in [0, 0.05) is 0 Å². The van der Waals surface area contributed by atoms with Gasteiger partial charge in [0.1, 0.15) is 5.76 Å². The van der Waals surface area contributed by atoms with Crippen LogP contribution >= 0.6 is 11.8 Å². The Balaban J connectivity index is 2.92. The van der Waals surface area contributed by atoms with Gasteiger partial charge < -0.3 is 4.42 Å². The van der Waals surface area contributed by atoms with Crippen molar-refractivity contribution in [3.05, 3.63) is 17.6 Å². The number of thioether (sulfide) groups is 1. The number of carbonyl (C=O) groups excluding carboxylic acids is 1. The highest BCUT2D eigenvalue weighted by molar-refractivity contribution is 7.99. The first-order chi connectivity index (χ1) is 5.27. The van der Waals surface area contributed by atoms with E-state index in [9.17, 15) is 4.79 Å². The average molecular weight is 170 g/mol. The number of furan rings is 1. The molecule has 0 spiro atoms. The van der Waals surface area contributed by atoms with Crippen LogP contribution in [-0.2, 0) is 0 Å². The van der Waals surface area contributed by atoms with Crippen molar-refractivity contribution in [1.29, 1.82) is 0 Å². The highest BCUT2D eigenvalue weighted by Gasteiger charge is 2.06. The van der Waals surface area contributed by atoms with E-state index < -0.39 is 0 Å². The zero-order chi connectivity index (χ0) is 8.27. The Morgan fingerprint density at radius 2 is 2.45 bits per heavy atom. The van der Waals surface area contributed by atoms with Gasteiger partial charge in [-0.3, -0.25) is 4.79 Å². The molecule has 60 valence electrons. The lowest BCUT2D eigenvalue weighted by Crippen LogP contribution is -1.76. The van der Waals surface area contributed by atoms with E-state index in [1.807, 2.05) is 19.9 Å². The second-order valence-corrected chi connectivity index (χ2v) is 3.44. The second kappa shape index (κ2) is 3.62. The molecule has 0 fully saturated rings. The third kappa shape index (κ3) is 1.87. The van der Waals surface area contributed by atoms with Crippen molar-refractivity contribution in [3.8, 4) is 0 Å². The van der Waals surface area contributed by atoms with Crippen LogP contribution in [0.4, 0.5) is 0 Å². The molecule has 0 unspecified atom stereocenters. The molecule has 0 radical (unpaired) electrons. The third-order valence-corrected chi connectivity index (χ3v) is 2.17. The predicted octanol–water partition coefficient (Wildman–Crippen LogP) is 2.51. The Bertz CT molecular complexity index is 253. The van der Waals surface area contributed by atoms with Gasteiger partial charge in [-0.1, -0.05) is 6.92 Å². The third-order valence-electron chi connectivity index (χ3n) is 1.26. The van der Waals surface area contributed by atoms with Gasteiger partial charge in [0.05, 0.1) is 4.90 Å². The Morgan fingerprint density at radius 1 is 1.73 bits per heavy atom. The maximum Gasteiger partial charge on any atom is 0.186 e. The van der Waals surface area contributed by atoms with Crippen molar-refractivity contribution in [2.45, 2.75) is 18.7 Å². The van der Waals surface area contributed by atoms with E-state index in [0.717, 1.165) is 22.7 Å². The Hall–Kier alpha value is -0.700. The quantitative estimate of drug-likeness (QED) is 0.515. The molecule has 11 heavy (non-hydrogen) atoms. The summed E-state index contributed by atoms with van der Waals surface area (Å²) in [6, 6.07) is 1.89. The highest BCUT2D eigenvalue weighted by Crippen LogP contribution is 2.24. The fraction of sp³-hybridized carbons (Fsp3) is 0.375. The summed E-state index contributed by atoms with van der Waals surface area (Å²) in [6.07, 6.45) is 0.755. The molecule has 0 aliphatic heterocycles. The van der Waals surface area contributed by atoms with Crippen LogP contribution in [0.3, 0.4) is 0 Å². The molecule has 1 heterocycles. The molecule has 2 nitrogen and oxygen atoms in total. The maximum absolute atomic E-state index is 10.4. The Labute approximate surface area is 70.0 Å². The summed E-state index contributed by atoms with van der Waals surface area (Å²) < 4.78 is 5.13. The van der Waals surface area contributed by atoms with Crippen LogP contribution in [0.1, 0.15) is 23.2 Å². The van der Waals surface area contributed by atoms with Crippen molar-refractivity contribution in [3.63, 3.8) is 0 Å². The molecule has 1 aromatic rings. The van der Waals surface area contributed by atoms with E-state index in [1.54, 1.807) is 11.8 Å². The van der Waals surface area contributed by atoms with Gasteiger partial charge >= 0.3 is 0 Å². The lowest BCUT2D eigenvalue weighted by molar-refractivity contribution is 0.109. The van der Waals surface area contributed by atoms with Gasteiger partial charge in [-0.25, -0.2) is 0 Å². The zero-order valence-electron chi connectivity index (χ0n) is 6.59. The number of hydrogen-bond donors (Lipinski definition) is 0. The topological polar surface area (TPSA) is 30.2 Å². The summed E-state index contributed by atoms with van der Waals surface area (Å²) >= 11 is 1.62. The van der Waals surface area contributed by atoms with E-state index in [-0.39, 0.29) is 0 Å². The maximum atomic E-state index is 10.4. The minimum absolute atomic E-state index is 0.453. The summed E-state index contributed by atoms with van der Waals surface area (Å²) in [5, 5.41) is 0. The number of aldehydes is 1. The van der Waals surface area contributed by atoms with Crippen LogP contribution < -0.4 is 0 Å². The molecule has 0 saturated heterocycles. The van der Waals surface area contributed by atoms with E-state index in [0.29, 0.717) is 5.76 Å². The first-order valence-corrected chi connectivity index (χ1v) is 4.45. The number of aryl methyl sites for hydroxylation is 1. The normalized spacial score (nSPS) is 10.0. The van der Waals surface area contributed by atoms with Crippen molar-refractivity contribution in [2.24, 2.45) is 0 Å². The van der Waals surface area contributed by atoms with E-state index >= 15 is 0 Å². The van der Waals surface area contributed by atoms with Crippen molar-refractivity contribution in [2.75, 3.05) is 5.75 Å². The molecule has 0 bridgehead atoms. The summed E-state index contributed by atoms with van der Waals surface area (Å²) in [4.78, 5) is 11.4. The fourth-order valence-corrected chi connectivity index (χ4v) is 1.65. The van der Waals surface area contributed by atoms with Gasteiger partial charge in [0.15, 0.2) is 12.0 Å². The van der Waals surface area contributed by atoms with Crippen LogP contribution in [-0.4, -0.2) is 12.0 Å². The summed E-state index contributed by atoms with van der Waals surface area (Å²) in [6.45, 7) is 3.88. The molecule has 0 aliphatic carbocycles. The lowest BCUT2D eigenvalue weighted by atomic mass is 10.4. The molecular weight excluding hydrogens is 160 g/mol. The molecule has 0 saturated carbocycles. The van der Waals surface area contributed by atoms with Gasteiger partial charge in [-0.15, -0.1) is 11.8 Å². The fourth-order valence-electron chi connectivity index (χ4n) is 0.859. The highest BCUT2D eigenvalue weighted by atomic mass is 32.2. The lowest BCUT2D eigenvalue weighted by Gasteiger charge is -1.90. The molecule has 0 atom stereocenters. The van der Waals surface area contributed by atoms with Crippen molar-refractivity contribution >= 4 is 18.0 Å². The molecular formula is C8H10O2S. The Morgan fingerprint density at radius 3 is 3.00 bits per heavy atom. The van der Waals surface area contributed by atoms with Gasteiger partial charge in [-0.05, 0) is 18.7 Å². The SMILES string of the molecule is CCSc1cc(C)oc1C=O. The minimum Gasteiger partial charge on any atom is -0.457 e. The molecule has 0 aliphatic rings. The largest absolute Gasteiger partial charge is 0.457 e. The van der Waals surface area contributed by atoms with Gasteiger partial charge in [0.25, 0.3) is 0 Å². The summed E-state index contributed by atoms with van der Waals surface area (Å²) in [5.74, 6) is 2.21. The van der Waals surface area contributed by atoms with Crippen LogP contribution in [0.5, 0.6) is 0 Å². The number of hydrogen-bond acceptors (Lipinski definition) is 3. The number of carbonyl (C=O) groups is 1. The van der Waals surface area contributed by atoms with E-state index in [2.05, 4.69) is 0 Å². The zero-order valence-corrected chi connectivity index (χ0v) is 7.40. The van der Waals surface area contributed by atoms with E-state index in [4.69, 9.17) is 4.42 Å². The predicted molar refractivity (Wildman–Crippen MR) is 45.2 cm³/mol. The monoisotopic (exact) mass is 170 g/mol. The number of rotatable bonds is 3. The first-order valence-electron chi connectivity index (χ1n) is 3.46. The van der Waals surface area contributed by atoms with Crippen LogP contribution in [0.15, 0.2) is 15.4 Å².